The summed E-state index contributed by atoms with van der Waals surface area (Å²) in [7, 11) is 0. The Morgan fingerprint density at radius 2 is 2.12 bits per heavy atom. The van der Waals surface area contributed by atoms with Crippen molar-refractivity contribution in [3.8, 4) is 0 Å². The van der Waals surface area contributed by atoms with Gasteiger partial charge < -0.3 is 15.7 Å². The Kier molecular flexibility index (Phi) is 5.25. The minimum Gasteiger partial charge on any atom is -0.481 e. The van der Waals surface area contributed by atoms with Crippen molar-refractivity contribution in [2.45, 2.75) is 38.6 Å². The average molecular weight is 228 g/mol. The minimum absolute atomic E-state index is 0.0278. The first-order chi connectivity index (χ1) is 7.63. The summed E-state index contributed by atoms with van der Waals surface area (Å²) in [6.07, 6.45) is 3.27. The van der Waals surface area contributed by atoms with E-state index in [4.69, 9.17) is 5.11 Å². The molecule has 1 rings (SSSR count). The van der Waals surface area contributed by atoms with Gasteiger partial charge in [-0.2, -0.15) is 0 Å². The van der Waals surface area contributed by atoms with Crippen molar-refractivity contribution in [2.75, 3.05) is 13.1 Å². The number of amides is 1. The fourth-order valence-corrected chi connectivity index (χ4v) is 2.10. The first-order valence-corrected chi connectivity index (χ1v) is 5.86. The Morgan fingerprint density at radius 3 is 2.75 bits per heavy atom. The molecule has 0 aromatic rings. The summed E-state index contributed by atoms with van der Waals surface area (Å²) < 4.78 is 0. The molecule has 1 fully saturated rings. The number of carboxylic acid groups (broad SMARTS) is 1. The van der Waals surface area contributed by atoms with Crippen LogP contribution in [0, 0.1) is 5.92 Å². The molecule has 5 heteroatoms. The number of likely N-dealkylation sites (N-methyl/N-ethyl adjacent to an activating group) is 1. The van der Waals surface area contributed by atoms with Gasteiger partial charge in [-0.1, -0.05) is 6.42 Å². The van der Waals surface area contributed by atoms with E-state index in [1.807, 2.05) is 6.92 Å². The highest BCUT2D eigenvalue weighted by atomic mass is 16.4. The number of aliphatic carboxylic acids is 1. The van der Waals surface area contributed by atoms with Crippen LogP contribution in [0.15, 0.2) is 0 Å². The molecule has 0 aromatic heterocycles. The Bertz CT molecular complexity index is 256. The van der Waals surface area contributed by atoms with E-state index in [9.17, 15) is 9.59 Å². The van der Waals surface area contributed by atoms with Gasteiger partial charge in [-0.25, -0.2) is 0 Å². The molecule has 1 aliphatic rings. The highest BCUT2D eigenvalue weighted by molar-refractivity contribution is 5.78. The first kappa shape index (κ1) is 13.0. The van der Waals surface area contributed by atoms with Gasteiger partial charge in [0.2, 0.25) is 5.91 Å². The Labute approximate surface area is 95.6 Å². The maximum atomic E-state index is 11.2. The molecule has 0 bridgehead atoms. The van der Waals surface area contributed by atoms with Crippen LogP contribution >= 0.6 is 0 Å². The molecule has 0 radical (unpaired) electrons. The molecule has 2 unspecified atom stereocenters. The molecule has 2 atom stereocenters. The van der Waals surface area contributed by atoms with Gasteiger partial charge in [-0.3, -0.25) is 9.59 Å². The van der Waals surface area contributed by atoms with Crippen LogP contribution in [0.4, 0.5) is 0 Å². The van der Waals surface area contributed by atoms with Gasteiger partial charge >= 0.3 is 5.97 Å². The van der Waals surface area contributed by atoms with E-state index in [1.54, 1.807) is 0 Å². The van der Waals surface area contributed by atoms with Crippen molar-refractivity contribution in [3.05, 3.63) is 0 Å². The quantitative estimate of drug-likeness (QED) is 0.634. The average Bonchev–Trinajstić information content (AvgIpc) is 2.27. The maximum Gasteiger partial charge on any atom is 0.306 e. The zero-order valence-electron chi connectivity index (χ0n) is 9.66. The number of nitrogens with one attached hydrogen (secondary N) is 2. The lowest BCUT2D eigenvalue weighted by Gasteiger charge is -2.27. The maximum absolute atomic E-state index is 11.2. The van der Waals surface area contributed by atoms with Crippen molar-refractivity contribution in [2.24, 2.45) is 5.92 Å². The second kappa shape index (κ2) is 6.48. The molecular weight excluding hydrogens is 208 g/mol. The molecule has 1 saturated carbocycles. The Hall–Kier alpha value is -1.10. The second-order valence-electron chi connectivity index (χ2n) is 4.23. The van der Waals surface area contributed by atoms with Crippen LogP contribution in [-0.4, -0.2) is 36.1 Å². The SMILES string of the molecule is CCNC(=O)CNC1CCCC(C(=O)O)C1. The van der Waals surface area contributed by atoms with Crippen molar-refractivity contribution in [1.82, 2.24) is 10.6 Å². The Balaban J connectivity index is 2.26. The number of hydrogen-bond donors (Lipinski definition) is 3. The third kappa shape index (κ3) is 4.18. The number of carboxylic acids is 1. The molecule has 5 nitrogen and oxygen atoms in total. The van der Waals surface area contributed by atoms with E-state index < -0.39 is 5.97 Å². The van der Waals surface area contributed by atoms with E-state index in [0.29, 0.717) is 13.0 Å². The van der Waals surface area contributed by atoms with E-state index in [1.165, 1.54) is 0 Å². The van der Waals surface area contributed by atoms with Gasteiger partial charge in [0, 0.05) is 12.6 Å². The molecule has 0 spiro atoms. The molecule has 1 aliphatic carbocycles. The highest BCUT2D eigenvalue weighted by Gasteiger charge is 2.26. The van der Waals surface area contributed by atoms with Crippen LogP contribution in [0.2, 0.25) is 0 Å². The topological polar surface area (TPSA) is 78.4 Å². The summed E-state index contributed by atoms with van der Waals surface area (Å²) >= 11 is 0. The van der Waals surface area contributed by atoms with E-state index in [0.717, 1.165) is 19.3 Å². The van der Waals surface area contributed by atoms with Gasteiger partial charge in [0.05, 0.1) is 12.5 Å². The highest BCUT2D eigenvalue weighted by Crippen LogP contribution is 2.24. The van der Waals surface area contributed by atoms with Crippen LogP contribution in [0.3, 0.4) is 0 Å². The monoisotopic (exact) mass is 228 g/mol. The summed E-state index contributed by atoms with van der Waals surface area (Å²) in [5.74, 6) is -0.995. The fraction of sp³-hybridized carbons (Fsp3) is 0.818. The van der Waals surface area contributed by atoms with E-state index >= 15 is 0 Å². The zero-order chi connectivity index (χ0) is 12.0. The van der Waals surface area contributed by atoms with Crippen molar-refractivity contribution >= 4 is 11.9 Å². The Morgan fingerprint density at radius 1 is 1.38 bits per heavy atom. The van der Waals surface area contributed by atoms with Gasteiger partial charge in [-0.05, 0) is 26.2 Å². The minimum atomic E-state index is -0.718. The molecule has 92 valence electrons. The second-order valence-corrected chi connectivity index (χ2v) is 4.23. The van der Waals surface area contributed by atoms with Crippen LogP contribution in [0.25, 0.3) is 0 Å². The largest absolute Gasteiger partial charge is 0.481 e. The van der Waals surface area contributed by atoms with Gasteiger partial charge in [0.1, 0.15) is 0 Å². The zero-order valence-corrected chi connectivity index (χ0v) is 9.66. The number of carbonyl (C=O) groups excluding carboxylic acids is 1. The third-order valence-electron chi connectivity index (χ3n) is 2.95. The van der Waals surface area contributed by atoms with Crippen LogP contribution in [0.5, 0.6) is 0 Å². The molecule has 16 heavy (non-hydrogen) atoms. The van der Waals surface area contributed by atoms with Gasteiger partial charge in [0.15, 0.2) is 0 Å². The summed E-state index contributed by atoms with van der Waals surface area (Å²) in [6.45, 7) is 2.78. The predicted molar refractivity (Wildman–Crippen MR) is 60.1 cm³/mol. The molecule has 1 amide bonds. The van der Waals surface area contributed by atoms with Crippen LogP contribution < -0.4 is 10.6 Å². The van der Waals surface area contributed by atoms with Gasteiger partial charge in [-0.15, -0.1) is 0 Å². The van der Waals surface area contributed by atoms with Crippen molar-refractivity contribution < 1.29 is 14.7 Å². The normalized spacial score (nSPS) is 25.1. The van der Waals surface area contributed by atoms with Crippen LogP contribution in [0.1, 0.15) is 32.6 Å². The summed E-state index contributed by atoms with van der Waals surface area (Å²) in [5, 5.41) is 14.7. The lowest BCUT2D eigenvalue weighted by atomic mass is 9.86. The molecule has 0 heterocycles. The smallest absolute Gasteiger partial charge is 0.306 e. The first-order valence-electron chi connectivity index (χ1n) is 5.86. The van der Waals surface area contributed by atoms with Gasteiger partial charge in [0.25, 0.3) is 0 Å². The summed E-state index contributed by atoms with van der Waals surface area (Å²) in [5.41, 5.74) is 0. The standard InChI is InChI=1S/C11H20N2O3/c1-2-12-10(14)7-13-9-5-3-4-8(6-9)11(15)16/h8-9,13H,2-7H2,1H3,(H,12,14)(H,15,16). The molecule has 0 aliphatic heterocycles. The van der Waals surface area contributed by atoms with E-state index in [-0.39, 0.29) is 24.4 Å². The molecule has 0 saturated heterocycles. The van der Waals surface area contributed by atoms with E-state index in [2.05, 4.69) is 10.6 Å². The predicted octanol–water partition coefficient (Wildman–Crippen LogP) is 0.355. The molecule has 3 N–H and O–H groups in total. The number of hydrogen-bond acceptors (Lipinski definition) is 3. The lowest BCUT2D eigenvalue weighted by molar-refractivity contribution is -0.143. The molecular formula is C11H20N2O3. The lowest BCUT2D eigenvalue weighted by Crippen LogP contribution is -2.42. The number of carbonyl (C=O) groups is 2. The van der Waals surface area contributed by atoms with Crippen LogP contribution in [-0.2, 0) is 9.59 Å². The number of rotatable bonds is 5. The third-order valence-corrected chi connectivity index (χ3v) is 2.95. The van der Waals surface area contributed by atoms with Crippen molar-refractivity contribution in [1.29, 1.82) is 0 Å². The van der Waals surface area contributed by atoms with Crippen molar-refractivity contribution in [3.63, 3.8) is 0 Å². The summed E-state index contributed by atoms with van der Waals surface area (Å²) in [4.78, 5) is 22.0. The molecule has 0 aromatic carbocycles. The summed E-state index contributed by atoms with van der Waals surface area (Å²) in [6, 6.07) is 0.164. The fourth-order valence-electron chi connectivity index (χ4n) is 2.10.